The zero-order valence-electron chi connectivity index (χ0n) is 24.2. The summed E-state index contributed by atoms with van der Waals surface area (Å²) in [5.41, 5.74) is 4.86. The molecule has 2 aliphatic carbocycles. The summed E-state index contributed by atoms with van der Waals surface area (Å²) >= 11 is 0. The largest absolute Gasteiger partial charge is 0.497 e. The number of benzene rings is 3. The van der Waals surface area contributed by atoms with Gasteiger partial charge in [-0.3, -0.25) is 4.79 Å². The summed E-state index contributed by atoms with van der Waals surface area (Å²) < 4.78 is 32.7. The number of rotatable bonds is 8. The summed E-state index contributed by atoms with van der Waals surface area (Å²) in [4.78, 5) is 11.9. The van der Waals surface area contributed by atoms with E-state index in [1.54, 1.807) is 26.4 Å². The van der Waals surface area contributed by atoms with Crippen LogP contribution in [0.1, 0.15) is 68.9 Å². The SMILES string of the molecule is COc1ccc(F)c(-c2ccc(COc3ccc4c(c3)[C@@]3(CCC4)[C@H](C(=O)O)[C@@H]3C)cc2[C@H](OC)C(C)(C)C)c1. The van der Waals surface area contributed by atoms with Crippen molar-refractivity contribution in [3.63, 3.8) is 0 Å². The van der Waals surface area contributed by atoms with Gasteiger partial charge in [0.1, 0.15) is 23.9 Å². The summed E-state index contributed by atoms with van der Waals surface area (Å²) in [7, 11) is 3.25. The summed E-state index contributed by atoms with van der Waals surface area (Å²) in [6.07, 6.45) is 2.59. The highest BCUT2D eigenvalue weighted by Crippen LogP contribution is 2.65. The van der Waals surface area contributed by atoms with Crippen molar-refractivity contribution in [2.75, 3.05) is 14.2 Å². The Kier molecular flexibility index (Phi) is 7.43. The maximum atomic E-state index is 15.1. The van der Waals surface area contributed by atoms with Crippen LogP contribution >= 0.6 is 0 Å². The summed E-state index contributed by atoms with van der Waals surface area (Å²) in [6.45, 7) is 8.67. The number of ether oxygens (including phenoxy) is 3. The van der Waals surface area contributed by atoms with Crippen molar-refractivity contribution < 1.29 is 28.5 Å². The molecular formula is C34H39FO5. The average molecular weight is 547 g/mol. The lowest BCUT2D eigenvalue weighted by Crippen LogP contribution is -2.22. The second-order valence-corrected chi connectivity index (χ2v) is 12.4. The fraction of sp³-hybridized carbons (Fsp3) is 0.441. The van der Waals surface area contributed by atoms with Crippen molar-refractivity contribution in [1.29, 1.82) is 0 Å². The molecule has 2 aliphatic rings. The molecule has 4 atom stereocenters. The molecule has 0 radical (unpaired) electrons. The lowest BCUT2D eigenvalue weighted by atomic mass is 9.77. The minimum absolute atomic E-state index is 0.120. The van der Waals surface area contributed by atoms with Gasteiger partial charge in [0.25, 0.3) is 0 Å². The van der Waals surface area contributed by atoms with Gasteiger partial charge in [0.2, 0.25) is 0 Å². The number of methoxy groups -OCH3 is 2. The highest BCUT2D eigenvalue weighted by Gasteiger charge is 2.67. The molecule has 1 N–H and O–H groups in total. The number of halogens is 1. The minimum Gasteiger partial charge on any atom is -0.497 e. The van der Waals surface area contributed by atoms with Crippen molar-refractivity contribution >= 4 is 5.97 Å². The Morgan fingerprint density at radius 1 is 1.05 bits per heavy atom. The molecule has 5 rings (SSSR count). The van der Waals surface area contributed by atoms with Crippen LogP contribution in [0.2, 0.25) is 0 Å². The molecular weight excluding hydrogens is 507 g/mol. The second kappa shape index (κ2) is 10.5. The maximum absolute atomic E-state index is 15.1. The molecule has 0 unspecified atom stereocenters. The van der Waals surface area contributed by atoms with Gasteiger partial charge in [0.05, 0.1) is 19.1 Å². The molecule has 1 fully saturated rings. The monoisotopic (exact) mass is 546 g/mol. The van der Waals surface area contributed by atoms with E-state index in [0.717, 1.165) is 47.3 Å². The molecule has 6 heteroatoms. The molecule has 3 aromatic rings. The van der Waals surface area contributed by atoms with Gasteiger partial charge in [0.15, 0.2) is 0 Å². The van der Waals surface area contributed by atoms with Crippen LogP contribution < -0.4 is 9.47 Å². The van der Waals surface area contributed by atoms with Crippen molar-refractivity contribution in [3.8, 4) is 22.6 Å². The number of hydrogen-bond acceptors (Lipinski definition) is 4. The smallest absolute Gasteiger partial charge is 0.307 e. The van der Waals surface area contributed by atoms with E-state index in [1.807, 2.05) is 24.3 Å². The van der Waals surface area contributed by atoms with Crippen molar-refractivity contribution in [1.82, 2.24) is 0 Å². The summed E-state index contributed by atoms with van der Waals surface area (Å²) in [5.74, 6) is 0.0591. The first-order valence-electron chi connectivity index (χ1n) is 14.0. The number of carbonyl (C=O) groups is 1. The Hall–Kier alpha value is -3.38. The van der Waals surface area contributed by atoms with Crippen LogP contribution in [0.3, 0.4) is 0 Å². The van der Waals surface area contributed by atoms with Crippen LogP contribution in [0.25, 0.3) is 11.1 Å². The number of hydrogen-bond donors (Lipinski definition) is 1. The van der Waals surface area contributed by atoms with Gasteiger partial charge >= 0.3 is 5.97 Å². The van der Waals surface area contributed by atoms with E-state index in [-0.39, 0.29) is 34.6 Å². The third-order valence-corrected chi connectivity index (χ3v) is 8.93. The van der Waals surface area contributed by atoms with Gasteiger partial charge in [0, 0.05) is 18.1 Å². The maximum Gasteiger partial charge on any atom is 0.307 e. The molecule has 1 saturated carbocycles. The second-order valence-electron chi connectivity index (χ2n) is 12.4. The van der Waals surface area contributed by atoms with Crippen LogP contribution in [0.5, 0.6) is 11.5 Å². The van der Waals surface area contributed by atoms with Crippen LogP contribution in [-0.2, 0) is 28.0 Å². The third-order valence-electron chi connectivity index (χ3n) is 8.93. The van der Waals surface area contributed by atoms with Crippen molar-refractivity contribution in [2.45, 2.75) is 65.1 Å². The first-order chi connectivity index (χ1) is 19.0. The summed E-state index contributed by atoms with van der Waals surface area (Å²) in [6, 6.07) is 16.8. The number of aryl methyl sites for hydroxylation is 1. The van der Waals surface area contributed by atoms with Crippen LogP contribution in [-0.4, -0.2) is 25.3 Å². The Morgan fingerprint density at radius 2 is 1.80 bits per heavy atom. The fourth-order valence-corrected chi connectivity index (χ4v) is 6.98. The van der Waals surface area contributed by atoms with Gasteiger partial charge in [-0.05, 0) is 94.8 Å². The van der Waals surface area contributed by atoms with Gasteiger partial charge in [-0.1, -0.05) is 45.9 Å². The zero-order chi connectivity index (χ0) is 28.8. The Morgan fingerprint density at radius 3 is 2.45 bits per heavy atom. The molecule has 3 aromatic carbocycles. The van der Waals surface area contributed by atoms with Crippen LogP contribution in [0, 0.1) is 23.1 Å². The van der Waals surface area contributed by atoms with Gasteiger partial charge in [-0.2, -0.15) is 0 Å². The van der Waals surface area contributed by atoms with E-state index < -0.39 is 5.97 Å². The van der Waals surface area contributed by atoms with E-state index in [1.165, 1.54) is 11.6 Å². The van der Waals surface area contributed by atoms with E-state index in [4.69, 9.17) is 14.2 Å². The molecule has 0 aliphatic heterocycles. The van der Waals surface area contributed by atoms with E-state index in [2.05, 4.69) is 39.8 Å². The molecule has 0 saturated heterocycles. The van der Waals surface area contributed by atoms with E-state index >= 15 is 4.39 Å². The highest BCUT2D eigenvalue weighted by atomic mass is 19.1. The lowest BCUT2D eigenvalue weighted by Gasteiger charge is -2.32. The molecule has 0 bridgehead atoms. The van der Waals surface area contributed by atoms with Crippen molar-refractivity contribution in [2.24, 2.45) is 17.3 Å². The Balaban J connectivity index is 1.47. The normalized spacial score (nSPS) is 22.5. The van der Waals surface area contributed by atoms with E-state index in [0.29, 0.717) is 17.9 Å². The quantitative estimate of drug-likeness (QED) is 0.313. The number of carboxylic acids is 1. The topological polar surface area (TPSA) is 65.0 Å². The number of fused-ring (bicyclic) bond motifs is 2. The first-order valence-corrected chi connectivity index (χ1v) is 14.0. The predicted octanol–water partition coefficient (Wildman–Crippen LogP) is 7.74. The van der Waals surface area contributed by atoms with Crippen LogP contribution in [0.4, 0.5) is 4.39 Å². The molecule has 0 amide bonds. The molecule has 1 spiro atoms. The molecule has 5 nitrogen and oxygen atoms in total. The summed E-state index contributed by atoms with van der Waals surface area (Å²) in [5, 5.41) is 9.82. The number of carboxylic acid groups (broad SMARTS) is 1. The molecule has 0 aromatic heterocycles. The van der Waals surface area contributed by atoms with Gasteiger partial charge in [-0.25, -0.2) is 4.39 Å². The van der Waals surface area contributed by atoms with Gasteiger partial charge < -0.3 is 19.3 Å². The molecule has 40 heavy (non-hydrogen) atoms. The zero-order valence-corrected chi connectivity index (χ0v) is 24.2. The first kappa shape index (κ1) is 28.2. The molecule has 0 heterocycles. The highest BCUT2D eigenvalue weighted by molar-refractivity contribution is 5.79. The minimum atomic E-state index is -0.710. The number of aliphatic carboxylic acids is 1. The average Bonchev–Trinajstić information content (AvgIpc) is 3.51. The lowest BCUT2D eigenvalue weighted by molar-refractivity contribution is -0.139. The Bertz CT molecular complexity index is 1420. The van der Waals surface area contributed by atoms with Crippen molar-refractivity contribution in [3.05, 3.63) is 82.7 Å². The Labute approximate surface area is 236 Å². The fourth-order valence-electron chi connectivity index (χ4n) is 6.98. The third kappa shape index (κ3) is 4.87. The predicted molar refractivity (Wildman–Crippen MR) is 153 cm³/mol. The van der Waals surface area contributed by atoms with Crippen LogP contribution in [0.15, 0.2) is 54.6 Å². The van der Waals surface area contributed by atoms with Gasteiger partial charge in [-0.15, -0.1) is 0 Å². The standard InChI is InChI=1S/C34H39FO5/c1-20-30(32(36)37)34(20)15-7-8-22-10-11-24(18-28(22)34)40-19-21-9-13-25(26-17-23(38-5)12-14-29(26)35)27(16-21)31(39-6)33(2,3)4/h9-14,16-18,20,30-31H,7-8,15,19H2,1-6H3,(H,36,37)/t20-,30-,31-,34-/m0/s1. The molecule has 212 valence electrons. The van der Waals surface area contributed by atoms with E-state index in [9.17, 15) is 9.90 Å².